The summed E-state index contributed by atoms with van der Waals surface area (Å²) in [6.45, 7) is 4.59. The van der Waals surface area contributed by atoms with Crippen LogP contribution in [0.1, 0.15) is 45.4 Å². The van der Waals surface area contributed by atoms with Crippen molar-refractivity contribution in [3.63, 3.8) is 0 Å². The fraction of sp³-hybridized carbons (Fsp3) is 0.917. The van der Waals surface area contributed by atoms with Crippen LogP contribution in [0.5, 0.6) is 0 Å². The number of rotatable bonds is 4. The number of likely N-dealkylation sites (tertiary alicyclic amines) is 1. The van der Waals surface area contributed by atoms with Gasteiger partial charge in [-0.05, 0) is 39.3 Å². The van der Waals surface area contributed by atoms with Crippen LogP contribution >= 0.6 is 0 Å². The molecule has 0 aromatic heterocycles. The molecule has 3 N–H and O–H groups in total. The van der Waals surface area contributed by atoms with E-state index in [0.717, 1.165) is 19.6 Å². The van der Waals surface area contributed by atoms with Crippen molar-refractivity contribution in [3.05, 3.63) is 0 Å². The molecule has 1 atom stereocenters. The topological polar surface area (TPSA) is 66.6 Å². The average Bonchev–Trinajstić information content (AvgIpc) is 2.15. The zero-order valence-corrected chi connectivity index (χ0v) is 10.2. The Bertz CT molecular complexity index is 221. The summed E-state index contributed by atoms with van der Waals surface area (Å²) in [7, 11) is 0. The molecule has 1 saturated heterocycles. The van der Waals surface area contributed by atoms with Gasteiger partial charge in [0.2, 0.25) is 0 Å². The second-order valence-electron chi connectivity index (χ2n) is 5.08. The molecule has 4 heteroatoms. The lowest BCUT2D eigenvalue weighted by Crippen LogP contribution is -2.47. The van der Waals surface area contributed by atoms with Crippen molar-refractivity contribution in [2.75, 3.05) is 19.6 Å². The number of aliphatic carboxylic acids is 1. The summed E-state index contributed by atoms with van der Waals surface area (Å²) in [5.74, 6) is -0.903. The van der Waals surface area contributed by atoms with E-state index in [0.29, 0.717) is 6.42 Å². The van der Waals surface area contributed by atoms with E-state index in [4.69, 9.17) is 10.8 Å². The Hall–Kier alpha value is -0.610. The summed E-state index contributed by atoms with van der Waals surface area (Å²) in [5.41, 5.74) is 4.64. The Morgan fingerprint density at radius 3 is 2.25 bits per heavy atom. The first-order valence-electron chi connectivity index (χ1n) is 6.27. The minimum absolute atomic E-state index is 0.530. The highest BCUT2D eigenvalue weighted by molar-refractivity contribution is 5.77. The van der Waals surface area contributed by atoms with Crippen LogP contribution in [0.25, 0.3) is 0 Å². The summed E-state index contributed by atoms with van der Waals surface area (Å²) in [6, 6.07) is 0. The van der Waals surface area contributed by atoms with Gasteiger partial charge in [0.15, 0.2) is 0 Å². The molecule has 0 saturated carbocycles. The van der Waals surface area contributed by atoms with Gasteiger partial charge >= 0.3 is 5.97 Å². The van der Waals surface area contributed by atoms with E-state index in [-0.39, 0.29) is 0 Å². The molecule has 4 nitrogen and oxygen atoms in total. The van der Waals surface area contributed by atoms with Gasteiger partial charge in [-0.1, -0.05) is 19.3 Å². The van der Waals surface area contributed by atoms with Crippen LogP contribution in [0.4, 0.5) is 0 Å². The Labute approximate surface area is 97.8 Å². The molecule has 0 amide bonds. The lowest BCUT2D eigenvalue weighted by molar-refractivity contribution is -0.143. The normalized spacial score (nSPS) is 23.1. The smallest absolute Gasteiger partial charge is 0.323 e. The molecule has 16 heavy (non-hydrogen) atoms. The van der Waals surface area contributed by atoms with Crippen molar-refractivity contribution in [2.24, 2.45) is 5.73 Å². The van der Waals surface area contributed by atoms with Gasteiger partial charge in [0.05, 0.1) is 0 Å². The van der Waals surface area contributed by atoms with E-state index < -0.39 is 11.5 Å². The van der Waals surface area contributed by atoms with Crippen LogP contribution in [0.15, 0.2) is 0 Å². The lowest BCUT2D eigenvalue weighted by atomic mass is 9.99. The summed E-state index contributed by atoms with van der Waals surface area (Å²) in [5, 5.41) is 8.93. The van der Waals surface area contributed by atoms with E-state index in [2.05, 4.69) is 4.90 Å². The third-order valence-corrected chi connectivity index (χ3v) is 3.38. The number of nitrogens with two attached hydrogens (primary N) is 1. The second kappa shape index (κ2) is 6.21. The minimum atomic E-state index is -1.08. The van der Waals surface area contributed by atoms with Crippen LogP contribution in [-0.4, -0.2) is 41.1 Å². The van der Waals surface area contributed by atoms with Crippen LogP contribution in [0, 0.1) is 0 Å². The molecular formula is C12H24N2O2. The summed E-state index contributed by atoms with van der Waals surface area (Å²) in [6.07, 6.45) is 6.94. The fourth-order valence-electron chi connectivity index (χ4n) is 2.03. The van der Waals surface area contributed by atoms with Crippen LogP contribution in [0.2, 0.25) is 0 Å². The molecule has 1 rings (SSSR count). The van der Waals surface area contributed by atoms with Gasteiger partial charge < -0.3 is 15.7 Å². The highest BCUT2D eigenvalue weighted by atomic mass is 16.4. The standard InChI is InChI=1S/C12H24N2O2/c1-12(13,11(15)16)7-10-14-8-5-3-2-4-6-9-14/h2-10,13H2,1H3,(H,15,16). The minimum Gasteiger partial charge on any atom is -0.480 e. The first kappa shape index (κ1) is 13.5. The zero-order valence-electron chi connectivity index (χ0n) is 10.2. The predicted octanol–water partition coefficient (Wildman–Crippen LogP) is 1.44. The first-order chi connectivity index (χ1) is 7.52. The second-order valence-corrected chi connectivity index (χ2v) is 5.08. The van der Waals surface area contributed by atoms with Crippen molar-refractivity contribution < 1.29 is 9.90 Å². The Morgan fingerprint density at radius 1 is 1.25 bits per heavy atom. The molecule has 0 aromatic rings. The van der Waals surface area contributed by atoms with Gasteiger partial charge in [-0.15, -0.1) is 0 Å². The van der Waals surface area contributed by atoms with Crippen LogP contribution < -0.4 is 5.73 Å². The molecule has 0 aromatic carbocycles. The van der Waals surface area contributed by atoms with Crippen molar-refractivity contribution in [1.82, 2.24) is 4.90 Å². The van der Waals surface area contributed by atoms with Crippen LogP contribution in [-0.2, 0) is 4.79 Å². The Balaban J connectivity index is 2.32. The lowest BCUT2D eigenvalue weighted by Gasteiger charge is -2.27. The van der Waals surface area contributed by atoms with Crippen molar-refractivity contribution in [2.45, 2.75) is 51.0 Å². The van der Waals surface area contributed by atoms with Gasteiger partial charge in [0, 0.05) is 6.54 Å². The van der Waals surface area contributed by atoms with Crippen molar-refractivity contribution >= 4 is 5.97 Å². The van der Waals surface area contributed by atoms with E-state index in [1.807, 2.05) is 0 Å². The average molecular weight is 228 g/mol. The largest absolute Gasteiger partial charge is 0.480 e. The summed E-state index contributed by atoms with van der Waals surface area (Å²) in [4.78, 5) is 13.2. The number of hydrogen-bond acceptors (Lipinski definition) is 3. The maximum Gasteiger partial charge on any atom is 0.323 e. The molecule has 94 valence electrons. The van der Waals surface area contributed by atoms with Gasteiger partial charge in [0.1, 0.15) is 5.54 Å². The first-order valence-corrected chi connectivity index (χ1v) is 6.27. The van der Waals surface area contributed by atoms with E-state index in [9.17, 15) is 4.79 Å². The van der Waals surface area contributed by atoms with E-state index in [1.165, 1.54) is 32.1 Å². The molecule has 0 bridgehead atoms. The molecule has 0 radical (unpaired) electrons. The van der Waals surface area contributed by atoms with Crippen LogP contribution in [0.3, 0.4) is 0 Å². The van der Waals surface area contributed by atoms with Gasteiger partial charge in [0.25, 0.3) is 0 Å². The maximum atomic E-state index is 10.9. The molecule has 1 unspecified atom stereocenters. The SMILES string of the molecule is CC(N)(CCN1CCCCCCC1)C(=O)O. The van der Waals surface area contributed by atoms with Gasteiger partial charge in [-0.2, -0.15) is 0 Å². The summed E-state index contributed by atoms with van der Waals surface area (Å²) >= 11 is 0. The molecule has 1 aliphatic heterocycles. The number of nitrogens with zero attached hydrogens (tertiary/aromatic N) is 1. The quantitative estimate of drug-likeness (QED) is 0.764. The third kappa shape index (κ3) is 4.49. The molecule has 1 fully saturated rings. The molecule has 0 spiro atoms. The van der Waals surface area contributed by atoms with E-state index in [1.54, 1.807) is 6.92 Å². The molecule has 0 aliphatic carbocycles. The van der Waals surface area contributed by atoms with Crippen molar-refractivity contribution in [1.29, 1.82) is 0 Å². The Morgan fingerprint density at radius 2 is 1.75 bits per heavy atom. The highest BCUT2D eigenvalue weighted by Gasteiger charge is 2.28. The Kier molecular flexibility index (Phi) is 5.22. The fourth-order valence-corrected chi connectivity index (χ4v) is 2.03. The third-order valence-electron chi connectivity index (χ3n) is 3.38. The monoisotopic (exact) mass is 228 g/mol. The van der Waals surface area contributed by atoms with Gasteiger partial charge in [-0.25, -0.2) is 0 Å². The number of hydrogen-bond donors (Lipinski definition) is 2. The predicted molar refractivity (Wildman–Crippen MR) is 64.4 cm³/mol. The molecular weight excluding hydrogens is 204 g/mol. The van der Waals surface area contributed by atoms with Gasteiger partial charge in [-0.3, -0.25) is 4.79 Å². The van der Waals surface area contributed by atoms with Crippen molar-refractivity contribution in [3.8, 4) is 0 Å². The molecule has 1 heterocycles. The summed E-state index contributed by atoms with van der Waals surface area (Å²) < 4.78 is 0. The molecule has 1 aliphatic rings. The number of carboxylic acids is 1. The maximum absolute atomic E-state index is 10.9. The number of carbonyl (C=O) groups is 1. The zero-order chi connectivity index (χ0) is 12.0. The van der Waals surface area contributed by atoms with E-state index >= 15 is 0 Å². The number of carboxylic acid groups (broad SMARTS) is 1. The highest BCUT2D eigenvalue weighted by Crippen LogP contribution is 2.13.